The fraction of sp³-hybridized carbons (Fsp3) is 0.421. The van der Waals surface area contributed by atoms with Crippen LogP contribution in [0.25, 0.3) is 10.4 Å². The standard InChI is InChI=1S/C19H19F3N2O2S/c20-19(21,22)26-15-5-1-12(2-6-15)16-7-8-17(27-16)18(25)24-10-9-13-3-4-14(11-24)23-13/h1-2,5-8,13-14,23H,3-4,9-11H2. The lowest BCUT2D eigenvalue weighted by atomic mass is 10.1. The van der Waals surface area contributed by atoms with Gasteiger partial charge in [0.05, 0.1) is 4.88 Å². The maximum Gasteiger partial charge on any atom is 0.573 e. The predicted molar refractivity (Wildman–Crippen MR) is 96.9 cm³/mol. The number of hydrogen-bond donors (Lipinski definition) is 1. The second kappa shape index (κ2) is 7.16. The highest BCUT2D eigenvalue weighted by Gasteiger charge is 2.32. The van der Waals surface area contributed by atoms with Crippen LogP contribution in [-0.2, 0) is 0 Å². The van der Waals surface area contributed by atoms with Gasteiger partial charge in [-0.3, -0.25) is 4.79 Å². The first kappa shape index (κ1) is 18.3. The molecule has 2 bridgehead atoms. The average Bonchev–Trinajstić information content (AvgIpc) is 3.20. The number of rotatable bonds is 3. The number of likely N-dealkylation sites (tertiary alicyclic amines) is 1. The van der Waals surface area contributed by atoms with E-state index in [9.17, 15) is 18.0 Å². The van der Waals surface area contributed by atoms with Crippen molar-refractivity contribution in [2.45, 2.75) is 37.7 Å². The van der Waals surface area contributed by atoms with Crippen LogP contribution in [0.5, 0.6) is 5.75 Å². The number of carbonyl (C=O) groups is 1. The molecule has 27 heavy (non-hydrogen) atoms. The Morgan fingerprint density at radius 3 is 2.56 bits per heavy atom. The molecule has 0 spiro atoms. The van der Waals surface area contributed by atoms with Gasteiger partial charge in [-0.25, -0.2) is 0 Å². The number of nitrogens with one attached hydrogen (secondary N) is 1. The quantitative estimate of drug-likeness (QED) is 0.842. The molecule has 1 aromatic carbocycles. The number of nitrogens with zero attached hydrogens (tertiary/aromatic N) is 1. The number of fused-ring (bicyclic) bond motifs is 2. The maximum atomic E-state index is 12.8. The minimum atomic E-state index is -4.70. The van der Waals surface area contributed by atoms with Gasteiger partial charge >= 0.3 is 6.36 Å². The van der Waals surface area contributed by atoms with Crippen molar-refractivity contribution in [3.05, 3.63) is 41.3 Å². The van der Waals surface area contributed by atoms with E-state index in [1.165, 1.54) is 29.9 Å². The predicted octanol–water partition coefficient (Wildman–Crippen LogP) is 4.28. The van der Waals surface area contributed by atoms with Crippen molar-refractivity contribution in [3.8, 4) is 16.2 Å². The number of amides is 1. The molecule has 2 aromatic rings. The third kappa shape index (κ3) is 4.27. The maximum absolute atomic E-state index is 12.8. The summed E-state index contributed by atoms with van der Waals surface area (Å²) in [6.07, 6.45) is -1.44. The van der Waals surface area contributed by atoms with Crippen molar-refractivity contribution in [3.63, 3.8) is 0 Å². The Balaban J connectivity index is 1.45. The Kier molecular flexibility index (Phi) is 4.86. The Bertz CT molecular complexity index is 819. The van der Waals surface area contributed by atoms with E-state index < -0.39 is 6.36 Å². The van der Waals surface area contributed by atoms with Crippen molar-refractivity contribution in [2.75, 3.05) is 13.1 Å². The van der Waals surface area contributed by atoms with Crippen LogP contribution < -0.4 is 10.1 Å². The smallest absolute Gasteiger partial charge is 0.406 e. The van der Waals surface area contributed by atoms with E-state index in [4.69, 9.17) is 0 Å². The molecule has 2 fully saturated rings. The van der Waals surface area contributed by atoms with Gasteiger partial charge in [-0.05, 0) is 61.2 Å². The molecular formula is C19H19F3N2O2S. The van der Waals surface area contributed by atoms with Gasteiger partial charge in [0.15, 0.2) is 0 Å². The highest BCUT2D eigenvalue weighted by atomic mass is 32.1. The number of benzene rings is 1. The van der Waals surface area contributed by atoms with Gasteiger partial charge in [0, 0.05) is 30.1 Å². The number of thiophene rings is 1. The third-order valence-corrected chi connectivity index (χ3v) is 6.12. The summed E-state index contributed by atoms with van der Waals surface area (Å²) in [6.45, 7) is 1.48. The molecule has 1 aromatic heterocycles. The van der Waals surface area contributed by atoms with E-state index in [0.29, 0.717) is 17.0 Å². The van der Waals surface area contributed by atoms with E-state index in [1.807, 2.05) is 11.0 Å². The molecule has 0 radical (unpaired) electrons. The molecule has 2 saturated heterocycles. The van der Waals surface area contributed by atoms with E-state index >= 15 is 0 Å². The van der Waals surface area contributed by atoms with Gasteiger partial charge in [-0.2, -0.15) is 0 Å². The monoisotopic (exact) mass is 396 g/mol. The SMILES string of the molecule is O=C(c1ccc(-c2ccc(OC(F)(F)F)cc2)s1)N1CCC2CCC(C1)N2. The normalized spacial score (nSPS) is 22.6. The molecule has 4 nitrogen and oxygen atoms in total. The molecule has 2 unspecified atom stereocenters. The van der Waals surface area contributed by atoms with E-state index in [1.54, 1.807) is 18.2 Å². The minimum absolute atomic E-state index is 0.0256. The minimum Gasteiger partial charge on any atom is -0.406 e. The lowest BCUT2D eigenvalue weighted by Crippen LogP contribution is -2.38. The Morgan fingerprint density at radius 1 is 1.07 bits per heavy atom. The van der Waals surface area contributed by atoms with E-state index in [-0.39, 0.29) is 11.7 Å². The highest BCUT2D eigenvalue weighted by Crippen LogP contribution is 2.32. The van der Waals surface area contributed by atoms with Crippen LogP contribution in [0, 0.1) is 0 Å². The number of halogens is 3. The summed E-state index contributed by atoms with van der Waals surface area (Å²) in [5.41, 5.74) is 0.755. The zero-order valence-corrected chi connectivity index (χ0v) is 15.3. The molecule has 0 saturated carbocycles. The molecule has 0 aliphatic carbocycles. The Hall–Kier alpha value is -2.06. The Labute approximate surface area is 158 Å². The largest absolute Gasteiger partial charge is 0.573 e. The summed E-state index contributed by atoms with van der Waals surface area (Å²) in [5, 5.41) is 3.56. The molecule has 144 valence electrons. The second-order valence-corrected chi connectivity index (χ2v) is 8.00. The van der Waals surface area contributed by atoms with Gasteiger partial charge < -0.3 is 15.0 Å². The molecule has 4 rings (SSSR count). The molecular weight excluding hydrogens is 377 g/mol. The number of hydrogen-bond acceptors (Lipinski definition) is 4. The van der Waals surface area contributed by atoms with Crippen molar-refractivity contribution in [1.82, 2.24) is 10.2 Å². The first-order chi connectivity index (χ1) is 12.9. The zero-order valence-electron chi connectivity index (χ0n) is 14.5. The fourth-order valence-electron chi connectivity index (χ4n) is 3.71. The number of alkyl halides is 3. The van der Waals surface area contributed by atoms with Crippen LogP contribution in [0.4, 0.5) is 13.2 Å². The summed E-state index contributed by atoms with van der Waals surface area (Å²) in [5.74, 6) is -0.233. The molecule has 3 heterocycles. The average molecular weight is 396 g/mol. The lowest BCUT2D eigenvalue weighted by Gasteiger charge is -2.23. The zero-order chi connectivity index (χ0) is 19.0. The topological polar surface area (TPSA) is 41.6 Å². The van der Waals surface area contributed by atoms with Gasteiger partial charge in [0.1, 0.15) is 5.75 Å². The molecule has 2 aliphatic rings. The van der Waals surface area contributed by atoms with Crippen molar-refractivity contribution >= 4 is 17.2 Å². The van der Waals surface area contributed by atoms with Crippen LogP contribution >= 0.6 is 11.3 Å². The molecule has 8 heteroatoms. The first-order valence-corrected chi connectivity index (χ1v) is 9.70. The van der Waals surface area contributed by atoms with Gasteiger partial charge in [0.2, 0.25) is 0 Å². The van der Waals surface area contributed by atoms with Crippen LogP contribution in [0.2, 0.25) is 0 Å². The molecule has 1 amide bonds. The number of carbonyl (C=O) groups excluding carboxylic acids is 1. The highest BCUT2D eigenvalue weighted by molar-refractivity contribution is 7.17. The van der Waals surface area contributed by atoms with Gasteiger partial charge in [-0.15, -0.1) is 24.5 Å². The lowest BCUT2D eigenvalue weighted by molar-refractivity contribution is -0.274. The van der Waals surface area contributed by atoms with E-state index in [0.717, 1.165) is 36.4 Å². The van der Waals surface area contributed by atoms with E-state index in [2.05, 4.69) is 10.1 Å². The molecule has 2 atom stereocenters. The second-order valence-electron chi connectivity index (χ2n) is 6.91. The van der Waals surface area contributed by atoms with Crippen LogP contribution in [-0.4, -0.2) is 42.3 Å². The Morgan fingerprint density at radius 2 is 1.81 bits per heavy atom. The fourth-order valence-corrected chi connectivity index (χ4v) is 4.69. The van der Waals surface area contributed by atoms with Crippen LogP contribution in [0.15, 0.2) is 36.4 Å². The van der Waals surface area contributed by atoms with Gasteiger partial charge in [-0.1, -0.05) is 0 Å². The summed E-state index contributed by atoms with van der Waals surface area (Å²) >= 11 is 1.36. The summed E-state index contributed by atoms with van der Waals surface area (Å²) in [6, 6.07) is 10.2. The summed E-state index contributed by atoms with van der Waals surface area (Å²) < 4.78 is 40.6. The van der Waals surface area contributed by atoms with Crippen molar-refractivity contribution in [1.29, 1.82) is 0 Å². The molecule has 2 aliphatic heterocycles. The summed E-state index contributed by atoms with van der Waals surface area (Å²) in [4.78, 5) is 16.2. The summed E-state index contributed by atoms with van der Waals surface area (Å²) in [7, 11) is 0. The molecule has 1 N–H and O–H groups in total. The van der Waals surface area contributed by atoms with Gasteiger partial charge in [0.25, 0.3) is 5.91 Å². The van der Waals surface area contributed by atoms with Crippen LogP contribution in [0.1, 0.15) is 28.9 Å². The number of ether oxygens (including phenoxy) is 1. The van der Waals surface area contributed by atoms with Crippen LogP contribution in [0.3, 0.4) is 0 Å². The van der Waals surface area contributed by atoms with Crippen molar-refractivity contribution in [2.24, 2.45) is 0 Å². The third-order valence-electron chi connectivity index (χ3n) is 5.00. The first-order valence-electron chi connectivity index (χ1n) is 8.89. The van der Waals surface area contributed by atoms with Crippen molar-refractivity contribution < 1.29 is 22.7 Å².